The zero-order valence-corrected chi connectivity index (χ0v) is 15.8. The minimum Gasteiger partial charge on any atom is -0.396 e. The van der Waals surface area contributed by atoms with E-state index in [4.69, 9.17) is 10.2 Å². The maximum atomic E-state index is 8.58. The van der Waals surface area contributed by atoms with Crippen LogP contribution in [0.4, 0.5) is 0 Å². The number of rotatable bonds is 5. The van der Waals surface area contributed by atoms with E-state index in [1.165, 1.54) is 39.0 Å². The van der Waals surface area contributed by atoms with E-state index in [1.54, 1.807) is 0 Å². The summed E-state index contributed by atoms with van der Waals surface area (Å²) in [6.45, 7) is 7.01. The second-order valence-corrected chi connectivity index (χ2v) is 7.57. The van der Waals surface area contributed by atoms with E-state index in [0.717, 1.165) is 48.4 Å². The second kappa shape index (κ2) is 11.2. The molecular weight excluding hydrogens is 368 g/mol. The van der Waals surface area contributed by atoms with Gasteiger partial charge in [-0.05, 0) is 62.4 Å². The number of aliphatic hydroxyl groups excluding tert-OH is 2. The lowest BCUT2D eigenvalue weighted by atomic mass is 10.4. The third-order valence-electron chi connectivity index (χ3n) is 4.86. The van der Waals surface area contributed by atoms with Gasteiger partial charge in [-0.15, -0.1) is 12.4 Å². The van der Waals surface area contributed by atoms with Crippen molar-refractivity contribution in [3.05, 3.63) is 0 Å². The lowest BCUT2D eigenvalue weighted by molar-refractivity contribution is 0.237. The van der Waals surface area contributed by atoms with Crippen LogP contribution in [0.1, 0.15) is 25.7 Å². The molecule has 4 nitrogen and oxygen atoms in total. The van der Waals surface area contributed by atoms with Crippen molar-refractivity contribution in [3.63, 3.8) is 0 Å². The minimum absolute atomic E-state index is 0. The van der Waals surface area contributed by atoms with Crippen molar-refractivity contribution in [3.8, 4) is 0 Å². The number of likely N-dealkylation sites (tertiary alicyclic amines) is 1. The zero-order chi connectivity index (χ0) is 15.1. The van der Waals surface area contributed by atoms with E-state index in [1.807, 2.05) is 0 Å². The van der Waals surface area contributed by atoms with Crippen LogP contribution in [0.2, 0.25) is 0 Å². The molecule has 2 aliphatic heterocycles. The molecule has 0 radical (unpaired) electrons. The molecular formula is C16H32BrClN2O2. The summed E-state index contributed by atoms with van der Waals surface area (Å²) in [5.74, 6) is 4.28. The molecule has 0 amide bonds. The van der Waals surface area contributed by atoms with Gasteiger partial charge < -0.3 is 20.4 Å². The highest BCUT2D eigenvalue weighted by Crippen LogP contribution is 2.44. The Morgan fingerprint density at radius 3 is 1.77 bits per heavy atom. The van der Waals surface area contributed by atoms with Crippen molar-refractivity contribution >= 4 is 28.3 Å². The molecule has 0 bridgehead atoms. The molecule has 0 spiro atoms. The Labute approximate surface area is 149 Å². The largest absolute Gasteiger partial charge is 0.396 e. The molecule has 6 heteroatoms. The van der Waals surface area contributed by atoms with Crippen LogP contribution in [0.3, 0.4) is 0 Å². The second-order valence-electron chi connectivity index (χ2n) is 6.77. The lowest BCUT2D eigenvalue weighted by Gasteiger charge is -2.15. The molecule has 4 unspecified atom stereocenters. The Hall–Kier alpha value is 0.610. The average molecular weight is 400 g/mol. The van der Waals surface area contributed by atoms with Crippen molar-refractivity contribution in [1.29, 1.82) is 0 Å². The normalized spacial score (nSPS) is 33.4. The molecule has 4 aliphatic rings. The van der Waals surface area contributed by atoms with Gasteiger partial charge >= 0.3 is 0 Å². The van der Waals surface area contributed by atoms with Gasteiger partial charge in [0.25, 0.3) is 0 Å². The number of aliphatic hydroxyl groups is 2. The smallest absolute Gasteiger partial charge is 0.0443 e. The van der Waals surface area contributed by atoms with E-state index < -0.39 is 0 Å². The molecule has 2 saturated carbocycles. The summed E-state index contributed by atoms with van der Waals surface area (Å²) in [4.78, 5) is 2.48. The molecule has 3 N–H and O–H groups in total. The van der Waals surface area contributed by atoms with Crippen LogP contribution >= 0.6 is 28.3 Å². The zero-order valence-electron chi connectivity index (χ0n) is 13.4. The molecule has 2 saturated heterocycles. The van der Waals surface area contributed by atoms with Crippen molar-refractivity contribution < 1.29 is 10.2 Å². The van der Waals surface area contributed by atoms with E-state index >= 15 is 0 Å². The van der Waals surface area contributed by atoms with Crippen LogP contribution in [0.5, 0.6) is 0 Å². The molecule has 4 fully saturated rings. The van der Waals surface area contributed by atoms with Gasteiger partial charge in [0, 0.05) is 38.2 Å². The summed E-state index contributed by atoms with van der Waals surface area (Å²) in [7, 11) is 0. The molecule has 0 aromatic heterocycles. The van der Waals surface area contributed by atoms with Crippen LogP contribution in [-0.2, 0) is 0 Å². The molecule has 4 atom stereocenters. The van der Waals surface area contributed by atoms with E-state index in [-0.39, 0.29) is 12.4 Å². The molecule has 4 rings (SSSR count). The summed E-state index contributed by atoms with van der Waals surface area (Å²) >= 11 is 3.15. The average Bonchev–Trinajstić information content (AvgIpc) is 3.34. The number of hydrogen-bond acceptors (Lipinski definition) is 4. The molecule has 132 valence electrons. The Bertz CT molecular complexity index is 279. The molecule has 22 heavy (non-hydrogen) atoms. The number of alkyl halides is 1. The van der Waals surface area contributed by atoms with Crippen LogP contribution in [0.25, 0.3) is 0 Å². The standard InChI is InChI=1S/C8H15NO.C5H9N.C3H7BrO.ClH/c10-3-1-2-9-5-7-4-8(7)6-9;1-4-2-6-3-5(1)4;4-2-1-3-5;/h7-8,10H,1-6H2;4-6H,1-3H2;5H,1-3H2;1H. The van der Waals surface area contributed by atoms with Crippen molar-refractivity contribution in [2.24, 2.45) is 23.7 Å². The quantitative estimate of drug-likeness (QED) is 0.616. The van der Waals surface area contributed by atoms with Crippen molar-refractivity contribution in [2.75, 3.05) is 51.3 Å². The highest BCUT2D eigenvalue weighted by atomic mass is 79.9. The Kier molecular flexibility index (Phi) is 10.5. The first-order chi connectivity index (χ1) is 10.3. The predicted octanol–water partition coefficient (Wildman–Crippen LogP) is 1.73. The molecule has 2 aliphatic carbocycles. The van der Waals surface area contributed by atoms with Crippen LogP contribution < -0.4 is 5.32 Å². The first-order valence-electron chi connectivity index (χ1n) is 8.49. The fourth-order valence-electron chi connectivity index (χ4n) is 3.30. The SMILES string of the molecule is C1NCC2CC12.Cl.OCCCBr.OCCCN1CC2CC2C1. The fraction of sp³-hybridized carbons (Fsp3) is 1.00. The van der Waals surface area contributed by atoms with E-state index in [2.05, 4.69) is 26.1 Å². The summed E-state index contributed by atoms with van der Waals surface area (Å²) < 4.78 is 0. The molecule has 0 aromatic rings. The van der Waals surface area contributed by atoms with Gasteiger partial charge in [-0.1, -0.05) is 15.9 Å². The summed E-state index contributed by atoms with van der Waals surface area (Å²) in [5.41, 5.74) is 0. The maximum Gasteiger partial charge on any atom is 0.0443 e. The first-order valence-corrected chi connectivity index (χ1v) is 9.61. The van der Waals surface area contributed by atoms with Gasteiger partial charge in [0.15, 0.2) is 0 Å². The number of fused-ring (bicyclic) bond motifs is 2. The third kappa shape index (κ3) is 7.45. The highest BCUT2D eigenvalue weighted by Gasteiger charge is 2.44. The van der Waals surface area contributed by atoms with Crippen LogP contribution in [0.15, 0.2) is 0 Å². The minimum atomic E-state index is 0. The number of nitrogens with zero attached hydrogens (tertiary/aromatic N) is 1. The van der Waals surface area contributed by atoms with Crippen LogP contribution in [0, 0.1) is 23.7 Å². The van der Waals surface area contributed by atoms with Gasteiger partial charge in [0.1, 0.15) is 0 Å². The number of hydrogen-bond donors (Lipinski definition) is 3. The van der Waals surface area contributed by atoms with Gasteiger partial charge in [-0.2, -0.15) is 0 Å². The van der Waals surface area contributed by atoms with Crippen molar-refractivity contribution in [2.45, 2.75) is 25.7 Å². The summed E-state index contributed by atoms with van der Waals surface area (Å²) in [6.07, 6.45) is 4.82. The topological polar surface area (TPSA) is 55.7 Å². The van der Waals surface area contributed by atoms with Crippen LogP contribution in [-0.4, -0.2) is 66.4 Å². The number of piperidine rings is 2. The first kappa shape index (κ1) is 20.7. The summed E-state index contributed by atoms with van der Waals surface area (Å²) in [5, 5.41) is 20.8. The Morgan fingerprint density at radius 2 is 1.45 bits per heavy atom. The third-order valence-corrected chi connectivity index (χ3v) is 5.42. The van der Waals surface area contributed by atoms with E-state index in [0.29, 0.717) is 13.2 Å². The summed E-state index contributed by atoms with van der Waals surface area (Å²) in [6, 6.07) is 0. The Balaban J connectivity index is 0.000000175. The van der Waals surface area contributed by atoms with Gasteiger partial charge in [-0.25, -0.2) is 0 Å². The van der Waals surface area contributed by atoms with Gasteiger partial charge in [0.05, 0.1) is 0 Å². The van der Waals surface area contributed by atoms with Gasteiger partial charge in [-0.3, -0.25) is 0 Å². The number of halogens is 2. The lowest BCUT2D eigenvalue weighted by Crippen LogP contribution is -2.24. The molecule has 2 heterocycles. The molecule has 0 aromatic carbocycles. The number of nitrogens with one attached hydrogen (secondary N) is 1. The van der Waals surface area contributed by atoms with Crippen molar-refractivity contribution in [1.82, 2.24) is 10.2 Å². The maximum absolute atomic E-state index is 8.58. The Morgan fingerprint density at radius 1 is 0.909 bits per heavy atom. The highest BCUT2D eigenvalue weighted by molar-refractivity contribution is 9.09. The monoisotopic (exact) mass is 398 g/mol. The predicted molar refractivity (Wildman–Crippen MR) is 97.0 cm³/mol. The van der Waals surface area contributed by atoms with E-state index in [9.17, 15) is 0 Å². The fourth-order valence-corrected chi connectivity index (χ4v) is 3.55. The van der Waals surface area contributed by atoms with Gasteiger partial charge in [0.2, 0.25) is 0 Å².